The molecule has 1 aliphatic carbocycles. The van der Waals surface area contributed by atoms with E-state index in [4.69, 9.17) is 0 Å². The Morgan fingerprint density at radius 1 is 1.05 bits per heavy atom. The van der Waals surface area contributed by atoms with Crippen molar-refractivity contribution in [3.05, 3.63) is 76.4 Å². The van der Waals surface area contributed by atoms with Gasteiger partial charge in [0.2, 0.25) is 5.91 Å². The van der Waals surface area contributed by atoms with Crippen molar-refractivity contribution >= 4 is 23.2 Å². The number of carbonyl (C=O) groups excluding carboxylic acids is 1. The molecule has 1 atom stereocenters. The first-order valence-electron chi connectivity index (χ1n) is 12.4. The minimum atomic E-state index is -0.730. The molecule has 4 heterocycles. The highest BCUT2D eigenvalue weighted by molar-refractivity contribution is 5.82. The number of nitrogens with one attached hydrogen (secondary N) is 1. The summed E-state index contributed by atoms with van der Waals surface area (Å²) in [7, 11) is 0. The highest BCUT2D eigenvalue weighted by Gasteiger charge is 2.41. The number of hydrogen-bond donors (Lipinski definition) is 2. The van der Waals surface area contributed by atoms with Crippen molar-refractivity contribution in [3.8, 4) is 0 Å². The summed E-state index contributed by atoms with van der Waals surface area (Å²) in [6, 6.07) is 5.84. The number of fused-ring (bicyclic) bond motifs is 1. The lowest BCUT2D eigenvalue weighted by molar-refractivity contribution is -0.136. The molecule has 0 radical (unpaired) electrons. The van der Waals surface area contributed by atoms with Gasteiger partial charge in [-0.15, -0.1) is 0 Å². The zero-order valence-corrected chi connectivity index (χ0v) is 20.2. The van der Waals surface area contributed by atoms with Crippen LogP contribution in [0.3, 0.4) is 0 Å². The minimum absolute atomic E-state index is 0.0388. The first-order valence-corrected chi connectivity index (χ1v) is 12.4. The van der Waals surface area contributed by atoms with Gasteiger partial charge in [0, 0.05) is 48.8 Å². The summed E-state index contributed by atoms with van der Waals surface area (Å²) in [5.74, 6) is -1.88. The average Bonchev–Trinajstić information content (AvgIpc) is 3.66. The van der Waals surface area contributed by atoms with Crippen LogP contribution in [0, 0.1) is 30.3 Å². The van der Waals surface area contributed by atoms with Crippen molar-refractivity contribution < 1.29 is 23.1 Å². The molecule has 37 heavy (non-hydrogen) atoms. The molecule has 6 rings (SSSR count). The van der Waals surface area contributed by atoms with Gasteiger partial charge in [0.05, 0.1) is 24.5 Å². The van der Waals surface area contributed by atoms with Crippen LogP contribution >= 0.6 is 0 Å². The van der Waals surface area contributed by atoms with Gasteiger partial charge in [-0.1, -0.05) is 12.1 Å². The molecule has 1 saturated carbocycles. The number of hydrogen-bond acceptors (Lipinski definition) is 6. The van der Waals surface area contributed by atoms with E-state index in [0.29, 0.717) is 30.2 Å². The Bertz CT molecular complexity index is 1370. The van der Waals surface area contributed by atoms with Crippen molar-refractivity contribution in [2.75, 3.05) is 29.9 Å². The monoisotopic (exact) mass is 509 g/mol. The molecule has 2 fully saturated rings. The maximum atomic E-state index is 16.1. The molecule has 7 nitrogen and oxygen atoms in total. The lowest BCUT2D eigenvalue weighted by Gasteiger charge is -2.40. The number of nitrogens with zero attached hydrogens (tertiary/aromatic N) is 4. The van der Waals surface area contributed by atoms with Crippen molar-refractivity contribution in [1.82, 2.24) is 14.9 Å². The van der Waals surface area contributed by atoms with E-state index in [1.807, 2.05) is 0 Å². The molecule has 192 valence electrons. The average molecular weight is 510 g/mol. The number of halogens is 3. The molecule has 0 spiro atoms. The number of aromatic nitrogens is 2. The van der Waals surface area contributed by atoms with Crippen LogP contribution in [0.2, 0.25) is 0 Å². The number of amides is 1. The van der Waals surface area contributed by atoms with Gasteiger partial charge in [-0.25, -0.2) is 23.1 Å². The van der Waals surface area contributed by atoms with Crippen LogP contribution in [-0.4, -0.2) is 51.6 Å². The van der Waals surface area contributed by atoms with Gasteiger partial charge >= 0.3 is 0 Å². The zero-order chi connectivity index (χ0) is 25.8. The Labute approximate surface area is 212 Å². The molecule has 1 saturated heterocycles. The standard InChI is InChI=1S/C27H26F3N5O2/c1-14-20(28)6-5-18(24(14)29)19-12-35(22-7-2-15(13-36)8-31-22)21-9-32-26(25(30)23(19)21)33-17-10-34(11-17)27(37)16-3-4-16/h2,5-9,16-17,19,36H,3-4,10-13H2,1H3,(H,32,33). The highest BCUT2D eigenvalue weighted by Crippen LogP contribution is 2.46. The number of aliphatic hydroxyl groups excluding tert-OH is 1. The number of aliphatic hydroxyl groups is 1. The SMILES string of the molecule is Cc1c(F)ccc(C2CN(c3ccc(CO)cn3)c3cnc(NC4CN(C(=O)C5CC5)C4)c(F)c32)c1F. The van der Waals surface area contributed by atoms with Gasteiger partial charge < -0.3 is 20.2 Å². The van der Waals surface area contributed by atoms with Crippen LogP contribution in [-0.2, 0) is 11.4 Å². The van der Waals surface area contributed by atoms with E-state index in [9.17, 15) is 14.3 Å². The van der Waals surface area contributed by atoms with Gasteiger partial charge in [-0.05, 0) is 43.0 Å². The van der Waals surface area contributed by atoms with Crippen LogP contribution in [0.5, 0.6) is 0 Å². The van der Waals surface area contributed by atoms with E-state index in [1.165, 1.54) is 31.5 Å². The fourth-order valence-electron chi connectivity index (χ4n) is 5.14. The predicted molar refractivity (Wildman–Crippen MR) is 131 cm³/mol. The van der Waals surface area contributed by atoms with Gasteiger partial charge in [0.1, 0.15) is 17.5 Å². The van der Waals surface area contributed by atoms with Crippen molar-refractivity contribution in [1.29, 1.82) is 0 Å². The summed E-state index contributed by atoms with van der Waals surface area (Å²) in [5, 5.41) is 12.4. The fourth-order valence-corrected chi connectivity index (χ4v) is 5.14. The molecular weight excluding hydrogens is 483 g/mol. The van der Waals surface area contributed by atoms with Gasteiger partial charge in [-0.2, -0.15) is 0 Å². The predicted octanol–water partition coefficient (Wildman–Crippen LogP) is 4.01. The van der Waals surface area contributed by atoms with Crippen LogP contribution in [0.1, 0.15) is 41.0 Å². The third-order valence-electron chi connectivity index (χ3n) is 7.50. The molecule has 2 N–H and O–H groups in total. The molecule has 1 unspecified atom stereocenters. The smallest absolute Gasteiger partial charge is 0.225 e. The quantitative estimate of drug-likeness (QED) is 0.523. The third-order valence-corrected chi connectivity index (χ3v) is 7.50. The second kappa shape index (κ2) is 9.02. The summed E-state index contributed by atoms with van der Waals surface area (Å²) < 4.78 is 45.3. The maximum absolute atomic E-state index is 16.1. The van der Waals surface area contributed by atoms with Gasteiger partial charge in [0.15, 0.2) is 11.6 Å². The van der Waals surface area contributed by atoms with Gasteiger partial charge in [0.25, 0.3) is 0 Å². The molecule has 0 bridgehead atoms. The molecule has 10 heteroatoms. The van der Waals surface area contributed by atoms with Crippen molar-refractivity contribution in [3.63, 3.8) is 0 Å². The summed E-state index contributed by atoms with van der Waals surface area (Å²) >= 11 is 0. The largest absolute Gasteiger partial charge is 0.392 e. The van der Waals surface area contributed by atoms with Crippen LogP contribution in [0.4, 0.5) is 30.5 Å². The van der Waals surface area contributed by atoms with E-state index in [1.54, 1.807) is 21.9 Å². The summed E-state index contributed by atoms with van der Waals surface area (Å²) in [5.41, 5.74) is 1.39. The van der Waals surface area contributed by atoms with Crippen molar-refractivity contribution in [2.45, 2.75) is 38.3 Å². The topological polar surface area (TPSA) is 81.6 Å². The summed E-state index contributed by atoms with van der Waals surface area (Å²) in [6.45, 7) is 2.34. The number of pyridine rings is 2. The number of likely N-dealkylation sites (tertiary alicyclic amines) is 1. The fraction of sp³-hybridized carbons (Fsp3) is 0.370. The molecule has 2 aromatic heterocycles. The van der Waals surface area contributed by atoms with E-state index in [-0.39, 0.29) is 53.5 Å². The molecule has 3 aromatic rings. The van der Waals surface area contributed by atoms with Crippen LogP contribution < -0.4 is 10.2 Å². The van der Waals surface area contributed by atoms with E-state index >= 15 is 8.78 Å². The summed E-state index contributed by atoms with van der Waals surface area (Å²) in [4.78, 5) is 24.5. The van der Waals surface area contributed by atoms with Crippen LogP contribution in [0.15, 0.2) is 36.7 Å². The Morgan fingerprint density at radius 2 is 1.84 bits per heavy atom. The molecule has 2 aliphatic heterocycles. The van der Waals surface area contributed by atoms with E-state index in [0.717, 1.165) is 12.8 Å². The summed E-state index contributed by atoms with van der Waals surface area (Å²) in [6.07, 6.45) is 4.92. The van der Waals surface area contributed by atoms with Gasteiger partial charge in [-0.3, -0.25) is 4.79 Å². The van der Waals surface area contributed by atoms with Crippen LogP contribution in [0.25, 0.3) is 0 Å². The third kappa shape index (κ3) is 4.09. The Kier molecular flexibility index (Phi) is 5.78. The van der Waals surface area contributed by atoms with Crippen molar-refractivity contribution in [2.24, 2.45) is 5.92 Å². The lowest BCUT2D eigenvalue weighted by Crippen LogP contribution is -2.57. The Hall–Kier alpha value is -3.66. The number of rotatable bonds is 6. The maximum Gasteiger partial charge on any atom is 0.225 e. The lowest BCUT2D eigenvalue weighted by atomic mass is 9.91. The first kappa shape index (κ1) is 23.7. The number of carbonyl (C=O) groups is 1. The second-order valence-corrected chi connectivity index (χ2v) is 10.0. The molecule has 3 aliphatic rings. The normalized spacial score (nSPS) is 19.1. The zero-order valence-electron chi connectivity index (χ0n) is 20.2. The number of anilines is 3. The number of benzene rings is 1. The Balaban J connectivity index is 1.34. The van der Waals surface area contributed by atoms with E-state index in [2.05, 4.69) is 15.3 Å². The molecule has 1 amide bonds. The van der Waals surface area contributed by atoms with E-state index < -0.39 is 23.4 Å². The Morgan fingerprint density at radius 3 is 2.51 bits per heavy atom. The highest BCUT2D eigenvalue weighted by atomic mass is 19.1. The molecular formula is C27H26F3N5O2. The molecule has 1 aromatic carbocycles. The second-order valence-electron chi connectivity index (χ2n) is 10.0. The minimum Gasteiger partial charge on any atom is -0.392 e. The first-order chi connectivity index (χ1) is 17.9.